The average molecular weight is 391 g/mol. The Hall–Kier alpha value is -3.05. The van der Waals surface area contributed by atoms with Crippen LogP contribution in [0, 0.1) is 11.7 Å². The molecule has 150 valence electrons. The van der Waals surface area contributed by atoms with Crippen LogP contribution in [0.5, 0.6) is 0 Å². The summed E-state index contributed by atoms with van der Waals surface area (Å²) >= 11 is 0. The summed E-state index contributed by atoms with van der Waals surface area (Å²) in [7, 11) is 0. The van der Waals surface area contributed by atoms with Gasteiger partial charge >= 0.3 is 0 Å². The predicted molar refractivity (Wildman–Crippen MR) is 112 cm³/mol. The zero-order chi connectivity index (χ0) is 20.6. The van der Waals surface area contributed by atoms with Crippen molar-refractivity contribution in [3.8, 4) is 0 Å². The average Bonchev–Trinajstić information content (AvgIpc) is 2.77. The summed E-state index contributed by atoms with van der Waals surface area (Å²) in [6, 6.07) is 21.2. The van der Waals surface area contributed by atoms with Crippen molar-refractivity contribution in [1.29, 1.82) is 0 Å². The number of benzene rings is 2. The second kappa shape index (κ2) is 9.94. The lowest BCUT2D eigenvalue weighted by molar-refractivity contribution is -0.136. The predicted octanol–water partition coefficient (Wildman–Crippen LogP) is 4.13. The van der Waals surface area contributed by atoms with Crippen molar-refractivity contribution in [2.75, 3.05) is 6.54 Å². The number of hydrogen-bond acceptors (Lipinski definition) is 3. The maximum atomic E-state index is 13.3. The molecule has 0 bridgehead atoms. The SMILES string of the molecule is CC(C(=O)N(CCc1ccccn1)Cc1ccc(F)cc1)C(N)c1ccccc1. The second-order valence-electron chi connectivity index (χ2n) is 7.18. The fourth-order valence-corrected chi connectivity index (χ4v) is 3.28. The van der Waals surface area contributed by atoms with E-state index in [1.807, 2.05) is 55.5 Å². The summed E-state index contributed by atoms with van der Waals surface area (Å²) in [5.41, 5.74) is 9.12. The van der Waals surface area contributed by atoms with E-state index in [9.17, 15) is 9.18 Å². The van der Waals surface area contributed by atoms with Gasteiger partial charge < -0.3 is 10.6 Å². The molecular weight excluding hydrogens is 365 g/mol. The molecular formula is C24H26FN3O. The molecule has 0 saturated heterocycles. The molecule has 2 unspecified atom stereocenters. The summed E-state index contributed by atoms with van der Waals surface area (Å²) in [4.78, 5) is 19.4. The monoisotopic (exact) mass is 391 g/mol. The number of pyridine rings is 1. The first kappa shape index (κ1) is 20.7. The molecule has 0 aliphatic heterocycles. The Labute approximate surface area is 171 Å². The van der Waals surface area contributed by atoms with Gasteiger partial charge in [-0.3, -0.25) is 9.78 Å². The Kier molecular flexibility index (Phi) is 7.09. The highest BCUT2D eigenvalue weighted by atomic mass is 19.1. The molecule has 0 saturated carbocycles. The van der Waals surface area contributed by atoms with Crippen LogP contribution < -0.4 is 5.73 Å². The zero-order valence-electron chi connectivity index (χ0n) is 16.5. The van der Waals surface area contributed by atoms with Crippen molar-refractivity contribution in [3.05, 3.63) is 102 Å². The summed E-state index contributed by atoms with van der Waals surface area (Å²) in [5.74, 6) is -0.706. The number of nitrogens with zero attached hydrogens (tertiary/aromatic N) is 2. The second-order valence-corrected chi connectivity index (χ2v) is 7.18. The number of amides is 1. The van der Waals surface area contributed by atoms with Crippen molar-refractivity contribution in [1.82, 2.24) is 9.88 Å². The molecule has 0 spiro atoms. The van der Waals surface area contributed by atoms with E-state index >= 15 is 0 Å². The normalized spacial score (nSPS) is 12.9. The molecule has 1 heterocycles. The minimum absolute atomic E-state index is 0.0263. The number of aromatic nitrogens is 1. The fourth-order valence-electron chi connectivity index (χ4n) is 3.28. The fraction of sp³-hybridized carbons (Fsp3) is 0.250. The van der Waals surface area contributed by atoms with E-state index in [-0.39, 0.29) is 17.6 Å². The van der Waals surface area contributed by atoms with Crippen LogP contribution >= 0.6 is 0 Å². The lowest BCUT2D eigenvalue weighted by Crippen LogP contribution is -2.40. The molecule has 3 rings (SSSR count). The molecule has 4 nitrogen and oxygen atoms in total. The Morgan fingerprint density at radius 1 is 1.03 bits per heavy atom. The molecule has 5 heteroatoms. The molecule has 1 aromatic heterocycles. The van der Waals surface area contributed by atoms with Crippen LogP contribution in [0.25, 0.3) is 0 Å². The Morgan fingerprint density at radius 2 is 1.72 bits per heavy atom. The van der Waals surface area contributed by atoms with E-state index in [4.69, 9.17) is 5.73 Å². The van der Waals surface area contributed by atoms with Crippen LogP contribution in [-0.4, -0.2) is 22.3 Å². The minimum Gasteiger partial charge on any atom is -0.338 e. The van der Waals surface area contributed by atoms with E-state index in [0.29, 0.717) is 19.5 Å². The van der Waals surface area contributed by atoms with Gasteiger partial charge in [0.2, 0.25) is 5.91 Å². The molecule has 0 aliphatic carbocycles. The first-order valence-electron chi connectivity index (χ1n) is 9.78. The summed E-state index contributed by atoms with van der Waals surface area (Å²) in [5, 5.41) is 0. The summed E-state index contributed by atoms with van der Waals surface area (Å²) < 4.78 is 13.3. The number of carbonyl (C=O) groups is 1. The molecule has 2 aromatic carbocycles. The van der Waals surface area contributed by atoms with Gasteiger partial charge in [0.05, 0.1) is 5.92 Å². The van der Waals surface area contributed by atoms with Crippen molar-refractivity contribution >= 4 is 5.91 Å². The first-order valence-corrected chi connectivity index (χ1v) is 9.78. The van der Waals surface area contributed by atoms with Crippen molar-refractivity contribution in [2.24, 2.45) is 11.7 Å². The maximum absolute atomic E-state index is 13.3. The van der Waals surface area contributed by atoms with Gasteiger partial charge in [-0.1, -0.05) is 55.5 Å². The number of halogens is 1. The Bertz CT molecular complexity index is 900. The highest BCUT2D eigenvalue weighted by Gasteiger charge is 2.27. The lowest BCUT2D eigenvalue weighted by Gasteiger charge is -2.29. The van der Waals surface area contributed by atoms with Crippen LogP contribution in [0.3, 0.4) is 0 Å². The molecule has 0 aliphatic rings. The lowest BCUT2D eigenvalue weighted by atomic mass is 9.94. The van der Waals surface area contributed by atoms with Gasteiger partial charge in [0.1, 0.15) is 5.82 Å². The first-order chi connectivity index (χ1) is 14.0. The molecule has 2 atom stereocenters. The molecule has 0 fully saturated rings. The van der Waals surface area contributed by atoms with E-state index in [1.165, 1.54) is 12.1 Å². The molecule has 2 N–H and O–H groups in total. The van der Waals surface area contributed by atoms with Gasteiger partial charge in [-0.25, -0.2) is 4.39 Å². The number of hydrogen-bond donors (Lipinski definition) is 1. The smallest absolute Gasteiger partial charge is 0.227 e. The van der Waals surface area contributed by atoms with Gasteiger partial charge in [-0.05, 0) is 35.4 Å². The summed E-state index contributed by atoms with van der Waals surface area (Å²) in [6.45, 7) is 2.77. The highest BCUT2D eigenvalue weighted by molar-refractivity contribution is 5.79. The third kappa shape index (κ3) is 5.72. The van der Waals surface area contributed by atoms with Gasteiger partial charge in [0.15, 0.2) is 0 Å². The van der Waals surface area contributed by atoms with Crippen LogP contribution in [0.2, 0.25) is 0 Å². The third-order valence-corrected chi connectivity index (χ3v) is 5.08. The van der Waals surface area contributed by atoms with Gasteiger partial charge in [0.25, 0.3) is 0 Å². The quantitative estimate of drug-likeness (QED) is 0.628. The van der Waals surface area contributed by atoms with Crippen molar-refractivity contribution in [2.45, 2.75) is 25.9 Å². The van der Waals surface area contributed by atoms with Crippen LogP contribution in [-0.2, 0) is 17.8 Å². The highest BCUT2D eigenvalue weighted by Crippen LogP contribution is 2.22. The van der Waals surface area contributed by atoms with Crippen LogP contribution in [0.1, 0.15) is 29.8 Å². The zero-order valence-corrected chi connectivity index (χ0v) is 16.5. The van der Waals surface area contributed by atoms with Gasteiger partial charge in [0, 0.05) is 37.4 Å². The number of carbonyl (C=O) groups excluding carboxylic acids is 1. The van der Waals surface area contributed by atoms with E-state index < -0.39 is 6.04 Å². The molecule has 1 amide bonds. The van der Waals surface area contributed by atoms with Crippen LogP contribution in [0.15, 0.2) is 79.0 Å². The van der Waals surface area contributed by atoms with Gasteiger partial charge in [-0.2, -0.15) is 0 Å². The van der Waals surface area contributed by atoms with Crippen molar-refractivity contribution in [3.63, 3.8) is 0 Å². The molecule has 29 heavy (non-hydrogen) atoms. The topological polar surface area (TPSA) is 59.2 Å². The standard InChI is InChI=1S/C24H26FN3O/c1-18(23(26)20-7-3-2-4-8-20)24(29)28(16-14-22-9-5-6-15-27-22)17-19-10-12-21(25)13-11-19/h2-13,15,18,23H,14,16-17,26H2,1H3. The van der Waals surface area contributed by atoms with E-state index in [2.05, 4.69) is 4.98 Å². The molecule has 0 radical (unpaired) electrons. The number of nitrogens with two attached hydrogens (primary N) is 1. The maximum Gasteiger partial charge on any atom is 0.227 e. The number of rotatable bonds is 8. The largest absolute Gasteiger partial charge is 0.338 e. The van der Waals surface area contributed by atoms with E-state index in [1.54, 1.807) is 23.2 Å². The Balaban J connectivity index is 1.76. The molecule has 3 aromatic rings. The summed E-state index contributed by atoms with van der Waals surface area (Å²) in [6.07, 6.45) is 2.39. The van der Waals surface area contributed by atoms with Crippen molar-refractivity contribution < 1.29 is 9.18 Å². The minimum atomic E-state index is -0.394. The van der Waals surface area contributed by atoms with E-state index in [0.717, 1.165) is 16.8 Å². The van der Waals surface area contributed by atoms with Crippen LogP contribution in [0.4, 0.5) is 4.39 Å². The Morgan fingerprint density at radius 3 is 2.38 bits per heavy atom. The third-order valence-electron chi connectivity index (χ3n) is 5.08. The van der Waals surface area contributed by atoms with Gasteiger partial charge in [-0.15, -0.1) is 0 Å².